The SMILES string of the molecule is COc1cc(-c2ccc(C#N)cn2)cc(C)c1C1C(=O)CC2(CC1=O)CN(C(=O)CC#N)C2. The topological polar surface area (TPSA) is 124 Å². The number of aromatic nitrogens is 1. The Balaban J connectivity index is 1.60. The number of ether oxygens (including phenoxy) is 1. The molecule has 33 heavy (non-hydrogen) atoms. The number of carbonyl (C=O) groups excluding carboxylic acids is 3. The third-order valence-corrected chi connectivity index (χ3v) is 6.42. The Hall–Kier alpha value is -4.04. The maximum atomic E-state index is 13.2. The van der Waals surface area contributed by atoms with E-state index in [-0.39, 0.29) is 36.7 Å². The van der Waals surface area contributed by atoms with Crippen molar-refractivity contribution < 1.29 is 19.1 Å². The summed E-state index contributed by atoms with van der Waals surface area (Å²) in [6.07, 6.45) is 1.71. The fraction of sp³-hybridized carbons (Fsp3) is 0.360. The standard InChI is InChI=1S/C25H22N4O4/c1-15-7-17(18-4-3-16(11-27)12-28-18)8-21(33-2)23(15)24-19(30)9-25(10-20(24)31)13-29(14-25)22(32)5-6-26/h3-4,7-8,12,24H,5,9-10,13-14H2,1-2H3. The zero-order chi connectivity index (χ0) is 23.8. The van der Waals surface area contributed by atoms with Crippen molar-refractivity contribution in [3.63, 3.8) is 0 Å². The molecule has 8 nitrogen and oxygen atoms in total. The lowest BCUT2D eigenvalue weighted by molar-refractivity contribution is -0.154. The van der Waals surface area contributed by atoms with Gasteiger partial charge < -0.3 is 9.64 Å². The Morgan fingerprint density at radius 3 is 2.45 bits per heavy atom. The summed E-state index contributed by atoms with van der Waals surface area (Å²) in [6, 6.07) is 10.9. The summed E-state index contributed by atoms with van der Waals surface area (Å²) in [5, 5.41) is 17.7. The van der Waals surface area contributed by atoms with Crippen LogP contribution in [0.1, 0.15) is 41.9 Å². The Labute approximate surface area is 191 Å². The van der Waals surface area contributed by atoms with E-state index >= 15 is 0 Å². The van der Waals surface area contributed by atoms with Gasteiger partial charge in [0.05, 0.1) is 24.4 Å². The van der Waals surface area contributed by atoms with E-state index in [0.29, 0.717) is 35.7 Å². The van der Waals surface area contributed by atoms with Gasteiger partial charge in [-0.2, -0.15) is 10.5 Å². The molecule has 8 heteroatoms. The molecule has 0 radical (unpaired) electrons. The summed E-state index contributed by atoms with van der Waals surface area (Å²) in [5.41, 5.74) is 2.65. The average Bonchev–Trinajstić information content (AvgIpc) is 2.77. The fourth-order valence-electron chi connectivity index (χ4n) is 4.93. The van der Waals surface area contributed by atoms with Gasteiger partial charge in [0.1, 0.15) is 35.7 Å². The molecule has 1 spiro atoms. The summed E-state index contributed by atoms with van der Waals surface area (Å²) in [4.78, 5) is 44.1. The number of likely N-dealkylation sites (tertiary alicyclic amines) is 1. The van der Waals surface area contributed by atoms with Crippen LogP contribution in [0, 0.1) is 35.0 Å². The van der Waals surface area contributed by atoms with Crippen molar-refractivity contribution in [3.8, 4) is 29.1 Å². The molecule has 1 aromatic carbocycles. The molecule has 0 unspecified atom stereocenters. The van der Waals surface area contributed by atoms with Crippen LogP contribution in [0.25, 0.3) is 11.3 Å². The lowest BCUT2D eigenvalue weighted by atomic mass is 9.63. The van der Waals surface area contributed by atoms with Gasteiger partial charge >= 0.3 is 0 Å². The first-order chi connectivity index (χ1) is 15.8. The number of ketones is 2. The summed E-state index contributed by atoms with van der Waals surface area (Å²) >= 11 is 0. The van der Waals surface area contributed by atoms with Crippen molar-refractivity contribution in [2.24, 2.45) is 5.41 Å². The first-order valence-electron chi connectivity index (χ1n) is 10.6. The van der Waals surface area contributed by atoms with Crippen molar-refractivity contribution in [1.29, 1.82) is 10.5 Å². The number of amides is 1. The van der Waals surface area contributed by atoms with Crippen LogP contribution < -0.4 is 4.74 Å². The normalized spacial score (nSPS) is 17.3. The summed E-state index contributed by atoms with van der Waals surface area (Å²) in [7, 11) is 1.50. The molecule has 4 rings (SSSR count). The predicted octanol–water partition coefficient (Wildman–Crippen LogP) is 2.70. The van der Waals surface area contributed by atoms with Gasteiger partial charge in [0.2, 0.25) is 5.91 Å². The number of pyridine rings is 1. The molecule has 166 valence electrons. The van der Waals surface area contributed by atoms with Crippen LogP contribution in [0.2, 0.25) is 0 Å². The molecule has 0 bridgehead atoms. The molecule has 1 saturated heterocycles. The van der Waals surface area contributed by atoms with Gasteiger partial charge in [0.15, 0.2) is 0 Å². The molecule has 2 aromatic rings. The number of methoxy groups -OCH3 is 1. The first-order valence-corrected chi connectivity index (χ1v) is 10.6. The van der Waals surface area contributed by atoms with E-state index in [0.717, 1.165) is 11.1 Å². The maximum Gasteiger partial charge on any atom is 0.236 e. The van der Waals surface area contributed by atoms with Crippen LogP contribution in [0.15, 0.2) is 30.5 Å². The number of nitriles is 2. The zero-order valence-electron chi connectivity index (χ0n) is 18.4. The molecule has 1 aliphatic heterocycles. The molecule has 1 aromatic heterocycles. The van der Waals surface area contributed by atoms with Crippen LogP contribution in [0.3, 0.4) is 0 Å². The Bertz CT molecular complexity index is 1210. The van der Waals surface area contributed by atoms with Gasteiger partial charge in [-0.25, -0.2) is 0 Å². The molecule has 0 N–H and O–H groups in total. The quantitative estimate of drug-likeness (QED) is 0.667. The minimum atomic E-state index is -0.905. The van der Waals surface area contributed by atoms with Gasteiger partial charge in [0.25, 0.3) is 0 Å². The van der Waals surface area contributed by atoms with Crippen molar-refractivity contribution in [2.45, 2.75) is 32.1 Å². The molecule has 2 heterocycles. The molecule has 1 aliphatic carbocycles. The lowest BCUT2D eigenvalue weighted by Gasteiger charge is -2.52. The highest BCUT2D eigenvalue weighted by molar-refractivity contribution is 6.11. The van der Waals surface area contributed by atoms with E-state index in [1.165, 1.54) is 18.2 Å². The predicted molar refractivity (Wildman–Crippen MR) is 117 cm³/mol. The number of nitrogens with zero attached hydrogens (tertiary/aromatic N) is 4. The highest BCUT2D eigenvalue weighted by Gasteiger charge is 2.53. The number of rotatable bonds is 4. The van der Waals surface area contributed by atoms with E-state index in [2.05, 4.69) is 4.98 Å². The van der Waals surface area contributed by atoms with Crippen LogP contribution in [-0.2, 0) is 14.4 Å². The largest absolute Gasteiger partial charge is 0.496 e. The molecule has 0 atom stereocenters. The van der Waals surface area contributed by atoms with E-state index in [1.807, 2.05) is 25.1 Å². The van der Waals surface area contributed by atoms with E-state index in [1.54, 1.807) is 18.2 Å². The van der Waals surface area contributed by atoms with Crippen LogP contribution in [-0.4, -0.2) is 47.6 Å². The van der Waals surface area contributed by atoms with Crippen molar-refractivity contribution in [2.75, 3.05) is 20.2 Å². The number of carbonyl (C=O) groups is 3. The second kappa shape index (κ2) is 8.48. The third-order valence-electron chi connectivity index (χ3n) is 6.42. The number of aryl methyl sites for hydroxylation is 1. The summed E-state index contributed by atoms with van der Waals surface area (Å²) < 4.78 is 5.58. The Morgan fingerprint density at radius 2 is 1.91 bits per heavy atom. The maximum absolute atomic E-state index is 13.2. The zero-order valence-corrected chi connectivity index (χ0v) is 18.4. The molecule has 1 saturated carbocycles. The van der Waals surface area contributed by atoms with Gasteiger partial charge in [0, 0.05) is 48.7 Å². The van der Waals surface area contributed by atoms with Crippen LogP contribution in [0.5, 0.6) is 5.75 Å². The lowest BCUT2D eigenvalue weighted by Crippen LogP contribution is -2.62. The Kier molecular flexibility index (Phi) is 5.69. The van der Waals surface area contributed by atoms with Crippen LogP contribution in [0.4, 0.5) is 0 Å². The number of Topliss-reactive ketones (excluding diaryl/α,β-unsaturated/α-hetero) is 2. The Morgan fingerprint density at radius 1 is 1.21 bits per heavy atom. The number of hydrogen-bond donors (Lipinski definition) is 0. The fourth-order valence-corrected chi connectivity index (χ4v) is 4.93. The van der Waals surface area contributed by atoms with E-state index in [9.17, 15) is 14.4 Å². The van der Waals surface area contributed by atoms with Gasteiger partial charge in [-0.05, 0) is 36.8 Å². The van der Waals surface area contributed by atoms with Crippen LogP contribution >= 0.6 is 0 Å². The van der Waals surface area contributed by atoms with Crippen molar-refractivity contribution in [3.05, 3.63) is 47.2 Å². The molecular formula is C25H22N4O4. The number of hydrogen-bond acceptors (Lipinski definition) is 7. The van der Waals surface area contributed by atoms with Gasteiger partial charge in [-0.1, -0.05) is 0 Å². The third kappa shape index (κ3) is 3.96. The van der Waals surface area contributed by atoms with E-state index < -0.39 is 11.3 Å². The minimum absolute atomic E-state index is 0.177. The van der Waals surface area contributed by atoms with Crippen molar-refractivity contribution >= 4 is 17.5 Å². The second-order valence-electron chi connectivity index (χ2n) is 8.76. The summed E-state index contributed by atoms with van der Waals surface area (Å²) in [5.74, 6) is -1.08. The molecular weight excluding hydrogens is 420 g/mol. The highest BCUT2D eigenvalue weighted by atomic mass is 16.5. The smallest absolute Gasteiger partial charge is 0.236 e. The highest BCUT2D eigenvalue weighted by Crippen LogP contribution is 2.47. The number of benzene rings is 1. The summed E-state index contributed by atoms with van der Waals surface area (Å²) in [6.45, 7) is 2.50. The van der Waals surface area contributed by atoms with Gasteiger partial charge in [-0.15, -0.1) is 0 Å². The monoisotopic (exact) mass is 442 g/mol. The van der Waals surface area contributed by atoms with Gasteiger partial charge in [-0.3, -0.25) is 19.4 Å². The molecule has 1 amide bonds. The van der Waals surface area contributed by atoms with E-state index in [4.69, 9.17) is 15.3 Å². The molecule has 2 fully saturated rings. The average molecular weight is 442 g/mol. The second-order valence-corrected chi connectivity index (χ2v) is 8.76. The minimum Gasteiger partial charge on any atom is -0.496 e. The molecule has 2 aliphatic rings. The first kappa shape index (κ1) is 22.2. The van der Waals surface area contributed by atoms with Crippen molar-refractivity contribution in [1.82, 2.24) is 9.88 Å².